The van der Waals surface area contributed by atoms with Gasteiger partial charge in [0.15, 0.2) is 0 Å². The molecule has 6 nitrogen and oxygen atoms in total. The first-order valence-corrected chi connectivity index (χ1v) is 10.6. The topological polar surface area (TPSA) is 60.9 Å². The van der Waals surface area contributed by atoms with Crippen LogP contribution in [0.25, 0.3) is 0 Å². The molecule has 0 aromatic heterocycles. The lowest BCUT2D eigenvalue weighted by Crippen LogP contribution is -2.56. The molecule has 4 rings (SSSR count). The molecule has 2 aromatic rings. The average molecular weight is 405 g/mol. The van der Waals surface area contributed by atoms with Crippen LogP contribution in [0.2, 0.25) is 0 Å². The second kappa shape index (κ2) is 8.69. The molecule has 0 radical (unpaired) electrons. The summed E-state index contributed by atoms with van der Waals surface area (Å²) >= 11 is 0. The molecule has 6 heteroatoms. The summed E-state index contributed by atoms with van der Waals surface area (Å²) in [6.07, 6.45) is 2.38. The highest BCUT2D eigenvalue weighted by atomic mass is 16.2. The Morgan fingerprint density at radius 2 is 1.47 bits per heavy atom. The predicted molar refractivity (Wildman–Crippen MR) is 116 cm³/mol. The normalized spacial score (nSPS) is 19.1. The van der Waals surface area contributed by atoms with Crippen LogP contribution in [0.3, 0.4) is 0 Å². The molecule has 156 valence electrons. The van der Waals surface area contributed by atoms with E-state index in [9.17, 15) is 14.4 Å². The molecule has 2 aliphatic rings. The van der Waals surface area contributed by atoms with Gasteiger partial charge in [0.05, 0.1) is 0 Å². The van der Waals surface area contributed by atoms with Gasteiger partial charge in [0.2, 0.25) is 5.78 Å². The van der Waals surface area contributed by atoms with Gasteiger partial charge < -0.3 is 14.7 Å². The summed E-state index contributed by atoms with van der Waals surface area (Å²) in [5.74, 6) is -1.03. The molecule has 30 heavy (non-hydrogen) atoms. The molecular formula is C24H27N3O3. The molecule has 0 spiro atoms. The van der Waals surface area contributed by atoms with E-state index in [1.165, 1.54) is 12.8 Å². The Bertz CT molecular complexity index is 920. The molecule has 0 aliphatic carbocycles. The van der Waals surface area contributed by atoms with Crippen molar-refractivity contribution in [3.63, 3.8) is 0 Å². The van der Waals surface area contributed by atoms with Crippen LogP contribution in [0.1, 0.15) is 40.5 Å². The molecule has 1 atom stereocenters. The van der Waals surface area contributed by atoms with Crippen molar-refractivity contribution in [1.82, 2.24) is 9.80 Å². The lowest BCUT2D eigenvalue weighted by molar-refractivity contribution is -0.130. The van der Waals surface area contributed by atoms with Gasteiger partial charge in [-0.1, -0.05) is 18.2 Å². The molecule has 2 amide bonds. The summed E-state index contributed by atoms with van der Waals surface area (Å²) in [5.41, 5.74) is 2.15. The molecule has 2 aliphatic heterocycles. The number of rotatable bonds is 4. The Hall–Kier alpha value is -3.15. The van der Waals surface area contributed by atoms with E-state index in [1.54, 1.807) is 34.1 Å². The first-order valence-electron chi connectivity index (χ1n) is 10.6. The number of Topliss-reactive ketones (excluding diaryl/α,β-unsaturated/α-hetero) is 1. The van der Waals surface area contributed by atoms with Crippen LogP contribution in [-0.4, -0.2) is 66.2 Å². The minimum absolute atomic E-state index is 0.0432. The quantitative estimate of drug-likeness (QED) is 0.580. The number of piperazine rings is 1. The summed E-state index contributed by atoms with van der Waals surface area (Å²) < 4.78 is 0. The molecule has 1 unspecified atom stereocenters. The molecule has 0 N–H and O–H groups in total. The maximum atomic E-state index is 12.9. The number of carbonyl (C=O) groups is 3. The zero-order valence-corrected chi connectivity index (χ0v) is 17.3. The van der Waals surface area contributed by atoms with Crippen molar-refractivity contribution in [3.05, 3.63) is 65.7 Å². The zero-order valence-electron chi connectivity index (χ0n) is 17.3. The van der Waals surface area contributed by atoms with Gasteiger partial charge in [0.1, 0.15) is 0 Å². The Morgan fingerprint density at radius 1 is 0.800 bits per heavy atom. The minimum atomic E-state index is -0.497. The fraction of sp³-hybridized carbons (Fsp3) is 0.375. The van der Waals surface area contributed by atoms with Gasteiger partial charge >= 0.3 is 0 Å². The van der Waals surface area contributed by atoms with E-state index in [-0.39, 0.29) is 11.9 Å². The van der Waals surface area contributed by atoms with Gasteiger partial charge in [-0.2, -0.15) is 0 Å². The number of amides is 2. The fourth-order valence-corrected chi connectivity index (χ4v) is 4.26. The molecule has 0 saturated carbocycles. The second-order valence-electron chi connectivity index (χ2n) is 8.03. The standard InChI is InChI=1S/C24H27N3O3/c1-18-17-26(23(29)20-7-3-2-4-8-20)15-16-27(18)24(30)22(28)19-9-11-21(12-10-19)25-13-5-6-14-25/h2-4,7-12,18H,5-6,13-17H2,1H3. The van der Waals surface area contributed by atoms with Gasteiger partial charge in [0, 0.05) is 55.6 Å². The third-order valence-electron chi connectivity index (χ3n) is 5.99. The second-order valence-corrected chi connectivity index (χ2v) is 8.03. The van der Waals surface area contributed by atoms with Crippen molar-refractivity contribution in [1.29, 1.82) is 0 Å². The van der Waals surface area contributed by atoms with Crippen molar-refractivity contribution in [2.24, 2.45) is 0 Å². The molecule has 2 saturated heterocycles. The van der Waals surface area contributed by atoms with Crippen LogP contribution in [0.4, 0.5) is 5.69 Å². The average Bonchev–Trinajstić information content (AvgIpc) is 3.33. The Labute approximate surface area is 177 Å². The van der Waals surface area contributed by atoms with Crippen molar-refractivity contribution < 1.29 is 14.4 Å². The van der Waals surface area contributed by atoms with E-state index in [0.29, 0.717) is 30.8 Å². The summed E-state index contributed by atoms with van der Waals surface area (Å²) in [6.45, 7) is 5.15. The largest absolute Gasteiger partial charge is 0.372 e. The number of ketones is 1. The van der Waals surface area contributed by atoms with E-state index in [1.807, 2.05) is 37.3 Å². The van der Waals surface area contributed by atoms with Crippen LogP contribution in [0.15, 0.2) is 54.6 Å². The molecule has 2 fully saturated rings. The molecular weight excluding hydrogens is 378 g/mol. The Morgan fingerprint density at radius 3 is 2.10 bits per heavy atom. The number of carbonyl (C=O) groups excluding carboxylic acids is 3. The third kappa shape index (κ3) is 4.08. The zero-order chi connectivity index (χ0) is 21.1. The van der Waals surface area contributed by atoms with Crippen LogP contribution < -0.4 is 4.90 Å². The van der Waals surface area contributed by atoms with Gasteiger partial charge in [-0.15, -0.1) is 0 Å². The number of anilines is 1. The molecule has 2 heterocycles. The number of nitrogens with zero attached hydrogens (tertiary/aromatic N) is 3. The van der Waals surface area contributed by atoms with E-state index in [0.717, 1.165) is 18.8 Å². The monoisotopic (exact) mass is 405 g/mol. The maximum Gasteiger partial charge on any atom is 0.295 e. The number of hydrogen-bond acceptors (Lipinski definition) is 4. The van der Waals surface area contributed by atoms with Gasteiger partial charge in [-0.05, 0) is 56.2 Å². The van der Waals surface area contributed by atoms with Gasteiger partial charge in [-0.25, -0.2) is 0 Å². The predicted octanol–water partition coefficient (Wildman–Crippen LogP) is 2.84. The first-order chi connectivity index (χ1) is 14.5. The van der Waals surface area contributed by atoms with Crippen LogP contribution in [0, 0.1) is 0 Å². The van der Waals surface area contributed by atoms with E-state index < -0.39 is 11.7 Å². The number of benzene rings is 2. The minimum Gasteiger partial charge on any atom is -0.372 e. The highest BCUT2D eigenvalue weighted by Gasteiger charge is 2.33. The van der Waals surface area contributed by atoms with Crippen LogP contribution in [0.5, 0.6) is 0 Å². The Kier molecular flexibility index (Phi) is 5.84. The third-order valence-corrected chi connectivity index (χ3v) is 5.99. The lowest BCUT2D eigenvalue weighted by atomic mass is 10.1. The van der Waals surface area contributed by atoms with Crippen LogP contribution >= 0.6 is 0 Å². The van der Waals surface area contributed by atoms with Gasteiger partial charge in [0.25, 0.3) is 11.8 Å². The Balaban J connectivity index is 1.39. The van der Waals surface area contributed by atoms with Crippen molar-refractivity contribution >= 4 is 23.3 Å². The molecule has 0 bridgehead atoms. The summed E-state index contributed by atoms with van der Waals surface area (Å²) in [6, 6.07) is 16.2. The van der Waals surface area contributed by atoms with E-state index >= 15 is 0 Å². The smallest absolute Gasteiger partial charge is 0.295 e. The first kappa shape index (κ1) is 20.1. The summed E-state index contributed by atoms with van der Waals surface area (Å²) in [5, 5.41) is 0. The fourth-order valence-electron chi connectivity index (χ4n) is 4.26. The van der Waals surface area contributed by atoms with Crippen LogP contribution in [-0.2, 0) is 4.79 Å². The highest BCUT2D eigenvalue weighted by molar-refractivity contribution is 6.42. The van der Waals surface area contributed by atoms with E-state index in [4.69, 9.17) is 0 Å². The van der Waals surface area contributed by atoms with Crippen molar-refractivity contribution in [3.8, 4) is 0 Å². The van der Waals surface area contributed by atoms with Crippen molar-refractivity contribution in [2.75, 3.05) is 37.6 Å². The maximum absolute atomic E-state index is 12.9. The number of hydrogen-bond donors (Lipinski definition) is 0. The summed E-state index contributed by atoms with van der Waals surface area (Å²) in [4.78, 5) is 43.9. The van der Waals surface area contributed by atoms with Gasteiger partial charge in [-0.3, -0.25) is 14.4 Å². The summed E-state index contributed by atoms with van der Waals surface area (Å²) in [7, 11) is 0. The van der Waals surface area contributed by atoms with Crippen molar-refractivity contribution in [2.45, 2.75) is 25.8 Å². The highest BCUT2D eigenvalue weighted by Crippen LogP contribution is 2.21. The SMILES string of the molecule is CC1CN(C(=O)c2ccccc2)CCN1C(=O)C(=O)c1ccc(N2CCCC2)cc1. The molecule has 2 aromatic carbocycles. The van der Waals surface area contributed by atoms with E-state index in [2.05, 4.69) is 4.90 Å². The lowest BCUT2D eigenvalue weighted by Gasteiger charge is -2.39.